The summed E-state index contributed by atoms with van der Waals surface area (Å²) in [7, 11) is 0. The Morgan fingerprint density at radius 1 is 1.35 bits per heavy atom. The Morgan fingerprint density at radius 2 is 2.00 bits per heavy atom. The number of amides is 2. The average Bonchev–Trinajstić information content (AvgIpc) is 2.93. The number of thiophene rings is 1. The molecule has 0 atom stereocenters. The minimum absolute atomic E-state index is 0.164. The van der Waals surface area contributed by atoms with Crippen LogP contribution in [-0.2, 0) is 20.7 Å². The smallest absolute Gasteiger partial charge is 0.348 e. The highest BCUT2D eigenvalue weighted by Gasteiger charge is 2.26. The van der Waals surface area contributed by atoms with Crippen molar-refractivity contribution in [2.75, 3.05) is 19.7 Å². The molecule has 0 radical (unpaired) electrons. The summed E-state index contributed by atoms with van der Waals surface area (Å²) in [4.78, 5) is 38.5. The molecule has 1 aromatic rings. The molecule has 0 aliphatic carbocycles. The van der Waals surface area contributed by atoms with Gasteiger partial charge in [0, 0.05) is 23.9 Å². The molecule has 0 spiro atoms. The van der Waals surface area contributed by atoms with Gasteiger partial charge in [0.25, 0.3) is 5.91 Å². The van der Waals surface area contributed by atoms with E-state index in [0.29, 0.717) is 30.8 Å². The summed E-state index contributed by atoms with van der Waals surface area (Å²) < 4.78 is 5.12. The second-order valence-electron chi connectivity index (χ2n) is 5.70. The number of carbonyl (C=O) groups excluding carboxylic acids is 3. The third kappa shape index (κ3) is 4.31. The van der Waals surface area contributed by atoms with E-state index < -0.39 is 5.97 Å². The molecule has 126 valence electrons. The van der Waals surface area contributed by atoms with Crippen molar-refractivity contribution in [1.29, 1.82) is 0 Å². The number of piperidine rings is 1. The van der Waals surface area contributed by atoms with Gasteiger partial charge in [-0.1, -0.05) is 6.92 Å². The highest BCUT2D eigenvalue weighted by Crippen LogP contribution is 2.23. The van der Waals surface area contributed by atoms with Gasteiger partial charge >= 0.3 is 5.97 Å². The minimum atomic E-state index is -0.460. The first-order chi connectivity index (χ1) is 10.9. The summed E-state index contributed by atoms with van der Waals surface area (Å²) in [5.74, 6) is -1.17. The van der Waals surface area contributed by atoms with Gasteiger partial charge in [0.05, 0.1) is 0 Å². The molecule has 2 amide bonds. The highest BCUT2D eigenvalue weighted by molar-refractivity contribution is 7.14. The van der Waals surface area contributed by atoms with Crippen LogP contribution in [0.3, 0.4) is 0 Å². The molecule has 2 rings (SSSR count). The summed E-state index contributed by atoms with van der Waals surface area (Å²) in [6.07, 6.45) is 2.01. The van der Waals surface area contributed by atoms with Gasteiger partial charge in [0.1, 0.15) is 4.88 Å². The third-order valence-electron chi connectivity index (χ3n) is 4.12. The third-order valence-corrected chi connectivity index (χ3v) is 5.48. The molecule has 1 aromatic heterocycles. The van der Waals surface area contributed by atoms with Crippen molar-refractivity contribution in [3.63, 3.8) is 0 Å². The van der Waals surface area contributed by atoms with Crippen molar-refractivity contribution >= 4 is 29.1 Å². The van der Waals surface area contributed by atoms with Crippen LogP contribution in [0.4, 0.5) is 0 Å². The summed E-state index contributed by atoms with van der Waals surface area (Å²) in [5, 5.41) is 0. The number of primary amides is 1. The molecule has 7 heteroatoms. The van der Waals surface area contributed by atoms with E-state index in [1.165, 1.54) is 11.3 Å². The lowest BCUT2D eigenvalue weighted by Crippen LogP contribution is -2.43. The quantitative estimate of drug-likeness (QED) is 0.824. The van der Waals surface area contributed by atoms with Crippen LogP contribution in [0.5, 0.6) is 0 Å². The lowest BCUT2D eigenvalue weighted by Gasteiger charge is -2.30. The number of nitrogens with two attached hydrogens (primary N) is 1. The van der Waals surface area contributed by atoms with Gasteiger partial charge < -0.3 is 15.4 Å². The molecule has 0 saturated carbocycles. The number of carbonyl (C=O) groups is 3. The lowest BCUT2D eigenvalue weighted by atomic mass is 9.96. The number of ether oxygens (including phenoxy) is 1. The van der Waals surface area contributed by atoms with Crippen molar-refractivity contribution in [3.05, 3.63) is 21.4 Å². The maximum absolute atomic E-state index is 12.1. The molecule has 1 fully saturated rings. The molecule has 0 aromatic carbocycles. The fourth-order valence-corrected chi connectivity index (χ4v) is 3.68. The molecule has 0 unspecified atom stereocenters. The summed E-state index contributed by atoms with van der Waals surface area (Å²) in [6, 6.07) is 1.80. The molecule has 1 aliphatic rings. The summed E-state index contributed by atoms with van der Waals surface area (Å²) >= 11 is 1.41. The van der Waals surface area contributed by atoms with Crippen molar-refractivity contribution < 1.29 is 19.1 Å². The number of rotatable bonds is 5. The first-order valence-corrected chi connectivity index (χ1v) is 8.57. The molecule has 2 heterocycles. The first kappa shape index (κ1) is 17.5. The standard InChI is InChI=1S/C16H22N2O4S/c1-3-12-10(2)8-13(23-12)16(21)22-9-14(19)18-6-4-11(5-7-18)15(17)20/h8,11H,3-7,9H2,1-2H3,(H2,17,20). The van der Waals surface area contributed by atoms with Crippen LogP contribution < -0.4 is 5.73 Å². The molecule has 1 aliphatic heterocycles. The van der Waals surface area contributed by atoms with Gasteiger partial charge in [0.15, 0.2) is 6.61 Å². The lowest BCUT2D eigenvalue weighted by molar-refractivity contribution is -0.137. The number of hydrogen-bond acceptors (Lipinski definition) is 5. The molecule has 6 nitrogen and oxygen atoms in total. The van der Waals surface area contributed by atoms with Crippen molar-refractivity contribution in [2.24, 2.45) is 11.7 Å². The molecule has 0 bridgehead atoms. The van der Waals surface area contributed by atoms with Crippen LogP contribution >= 0.6 is 11.3 Å². The Hall–Kier alpha value is -1.89. The molecular weight excluding hydrogens is 316 g/mol. The van der Waals surface area contributed by atoms with Crippen molar-refractivity contribution in [1.82, 2.24) is 4.90 Å². The van der Waals surface area contributed by atoms with Gasteiger partial charge in [-0.25, -0.2) is 4.79 Å². The zero-order valence-corrected chi connectivity index (χ0v) is 14.3. The van der Waals surface area contributed by atoms with Gasteiger partial charge in [-0.05, 0) is 37.8 Å². The molecular formula is C16H22N2O4S. The Morgan fingerprint density at radius 3 is 2.52 bits per heavy atom. The van der Waals surface area contributed by atoms with E-state index in [2.05, 4.69) is 0 Å². The predicted molar refractivity (Wildman–Crippen MR) is 87.2 cm³/mol. The van der Waals surface area contributed by atoms with E-state index in [9.17, 15) is 14.4 Å². The Balaban J connectivity index is 1.82. The predicted octanol–water partition coefficient (Wildman–Crippen LogP) is 1.50. The van der Waals surface area contributed by atoms with Gasteiger partial charge in [-0.15, -0.1) is 11.3 Å². The van der Waals surface area contributed by atoms with Crippen LogP contribution in [0.2, 0.25) is 0 Å². The van der Waals surface area contributed by atoms with E-state index in [4.69, 9.17) is 10.5 Å². The van der Waals surface area contributed by atoms with E-state index in [-0.39, 0.29) is 24.3 Å². The Labute approximate surface area is 139 Å². The van der Waals surface area contributed by atoms with E-state index in [1.54, 1.807) is 11.0 Å². The largest absolute Gasteiger partial charge is 0.451 e. The van der Waals surface area contributed by atoms with Gasteiger partial charge in [-0.3, -0.25) is 9.59 Å². The van der Waals surface area contributed by atoms with Crippen molar-refractivity contribution in [3.8, 4) is 0 Å². The molecule has 1 saturated heterocycles. The van der Waals surface area contributed by atoms with E-state index in [1.807, 2.05) is 13.8 Å². The number of esters is 1. The normalized spacial score (nSPS) is 15.5. The Bertz CT molecular complexity index is 603. The topological polar surface area (TPSA) is 89.7 Å². The molecule has 2 N–H and O–H groups in total. The van der Waals surface area contributed by atoms with E-state index >= 15 is 0 Å². The SMILES string of the molecule is CCc1sc(C(=O)OCC(=O)N2CCC(C(N)=O)CC2)cc1C. The van der Waals surface area contributed by atoms with Crippen molar-refractivity contribution in [2.45, 2.75) is 33.1 Å². The maximum Gasteiger partial charge on any atom is 0.348 e. The minimum Gasteiger partial charge on any atom is -0.451 e. The van der Waals surface area contributed by atoms with Crippen LogP contribution in [0.15, 0.2) is 6.07 Å². The monoisotopic (exact) mass is 338 g/mol. The number of nitrogens with zero attached hydrogens (tertiary/aromatic N) is 1. The second-order valence-corrected chi connectivity index (χ2v) is 6.84. The highest BCUT2D eigenvalue weighted by atomic mass is 32.1. The van der Waals surface area contributed by atoms with Gasteiger partial charge in [-0.2, -0.15) is 0 Å². The molecule has 23 heavy (non-hydrogen) atoms. The van der Waals surface area contributed by atoms with Gasteiger partial charge in [0.2, 0.25) is 5.91 Å². The van der Waals surface area contributed by atoms with Crippen LogP contribution in [0.1, 0.15) is 39.9 Å². The summed E-state index contributed by atoms with van der Waals surface area (Å²) in [6.45, 7) is 4.68. The number of aryl methyl sites for hydroxylation is 2. The fraction of sp³-hybridized carbons (Fsp3) is 0.562. The number of likely N-dealkylation sites (tertiary alicyclic amines) is 1. The zero-order valence-electron chi connectivity index (χ0n) is 13.5. The average molecular weight is 338 g/mol. The van der Waals surface area contributed by atoms with Crippen LogP contribution in [0.25, 0.3) is 0 Å². The Kier molecular flexibility index (Phi) is 5.76. The number of hydrogen-bond donors (Lipinski definition) is 1. The first-order valence-electron chi connectivity index (χ1n) is 7.75. The second kappa shape index (κ2) is 7.59. The van der Waals surface area contributed by atoms with E-state index in [0.717, 1.165) is 16.9 Å². The van der Waals surface area contributed by atoms with Crippen LogP contribution in [0, 0.1) is 12.8 Å². The summed E-state index contributed by atoms with van der Waals surface area (Å²) in [5.41, 5.74) is 6.34. The fourth-order valence-electron chi connectivity index (χ4n) is 2.67. The maximum atomic E-state index is 12.1. The zero-order chi connectivity index (χ0) is 17.0. The van der Waals surface area contributed by atoms with Crippen LogP contribution in [-0.4, -0.2) is 42.4 Å².